The number of hydrogen-bond acceptors (Lipinski definition) is 3. The van der Waals surface area contributed by atoms with E-state index in [1.165, 1.54) is 44.1 Å². The lowest BCUT2D eigenvalue weighted by molar-refractivity contribution is -0.175. The van der Waals surface area contributed by atoms with Crippen molar-refractivity contribution < 1.29 is 14.0 Å². The van der Waals surface area contributed by atoms with Crippen LogP contribution in [0.1, 0.15) is 126 Å². The van der Waals surface area contributed by atoms with Crippen molar-refractivity contribution in [2.45, 2.75) is 150 Å². The predicted octanol–water partition coefficient (Wildman–Crippen LogP) is 10.2. The summed E-state index contributed by atoms with van der Waals surface area (Å²) >= 11 is 0. The molecule has 2 fully saturated rings. The summed E-state index contributed by atoms with van der Waals surface area (Å²) in [6.45, 7) is 23.2. The second-order valence-corrected chi connectivity index (χ2v) is 19.6. The molecule has 1 aliphatic heterocycles. The fourth-order valence-electron chi connectivity index (χ4n) is 9.89. The Hall–Kier alpha value is -0.873. The minimum absolute atomic E-state index is 0.0198. The molecule has 4 aliphatic rings. The molecule has 0 aromatic carbocycles. The molecule has 0 N–H and O–H groups in total. The molecule has 0 aromatic heterocycles. The van der Waals surface area contributed by atoms with E-state index < -0.39 is 13.7 Å². The Balaban J connectivity index is 1.62. The summed E-state index contributed by atoms with van der Waals surface area (Å²) in [4.78, 5) is 14.3. The van der Waals surface area contributed by atoms with Crippen molar-refractivity contribution in [1.29, 1.82) is 0 Å². The van der Waals surface area contributed by atoms with E-state index in [1.54, 1.807) is 0 Å². The average Bonchev–Trinajstić information content (AvgIpc) is 3.26. The van der Waals surface area contributed by atoms with Gasteiger partial charge in [-0.2, -0.15) is 0 Å². The van der Waals surface area contributed by atoms with Crippen molar-refractivity contribution in [3.63, 3.8) is 0 Å². The molecular formula is C35H60O3Si. The van der Waals surface area contributed by atoms with Gasteiger partial charge in [-0.05, 0) is 98.2 Å². The summed E-state index contributed by atoms with van der Waals surface area (Å²) in [5, 5.41) is 0. The van der Waals surface area contributed by atoms with E-state index in [9.17, 15) is 4.79 Å². The molecule has 0 amide bonds. The minimum Gasteiger partial charge on any atom is -0.430 e. The number of rotatable bonds is 12. The van der Waals surface area contributed by atoms with E-state index >= 15 is 0 Å². The van der Waals surface area contributed by atoms with Crippen molar-refractivity contribution in [3.05, 3.63) is 24.0 Å². The van der Waals surface area contributed by atoms with Crippen LogP contribution in [-0.4, -0.2) is 20.4 Å². The molecule has 222 valence electrons. The monoisotopic (exact) mass is 556 g/mol. The van der Waals surface area contributed by atoms with Gasteiger partial charge in [0.15, 0.2) is 8.32 Å². The molecule has 2 saturated carbocycles. The fraction of sp³-hybridized carbons (Fsp3) is 0.857. The van der Waals surface area contributed by atoms with Crippen LogP contribution in [0.15, 0.2) is 24.0 Å². The summed E-state index contributed by atoms with van der Waals surface area (Å²) < 4.78 is 13.6. The van der Waals surface area contributed by atoms with Crippen LogP contribution in [0.2, 0.25) is 18.1 Å². The van der Waals surface area contributed by atoms with Gasteiger partial charge in [-0.3, -0.25) is 4.79 Å². The highest BCUT2D eigenvalue weighted by atomic mass is 28.4. The Morgan fingerprint density at radius 3 is 2.36 bits per heavy atom. The first kappa shape index (κ1) is 31.1. The van der Waals surface area contributed by atoms with Crippen molar-refractivity contribution in [3.8, 4) is 0 Å². The number of esters is 1. The lowest BCUT2D eigenvalue weighted by Gasteiger charge is -2.59. The van der Waals surface area contributed by atoms with Crippen molar-refractivity contribution >= 4 is 14.3 Å². The Morgan fingerprint density at radius 2 is 1.74 bits per heavy atom. The standard InChI is InChI=1S/C35H60O3Si/c1-10-21-35-24-27(38-39(11-2,12-3)13-4)19-23-34(35,9)30-20-22-33(8)28(26(7)16-14-15-25(5)6)17-18-29(33)31(30)37-32(35)36/h10,25-29H,1,11-24H2,2-9H3/t26-,27+,28-,29+,33-,34-,35+/m1/s1. The van der Waals surface area contributed by atoms with Gasteiger partial charge >= 0.3 is 5.97 Å². The summed E-state index contributed by atoms with van der Waals surface area (Å²) in [6, 6.07) is 3.46. The lowest BCUT2D eigenvalue weighted by atomic mass is 9.48. The summed E-state index contributed by atoms with van der Waals surface area (Å²) in [6.07, 6.45) is 14.5. The van der Waals surface area contributed by atoms with Gasteiger partial charge in [-0.15, -0.1) is 6.58 Å². The highest BCUT2D eigenvalue weighted by Crippen LogP contribution is 2.68. The summed E-state index contributed by atoms with van der Waals surface area (Å²) in [7, 11) is -1.75. The smallest absolute Gasteiger partial charge is 0.318 e. The predicted molar refractivity (Wildman–Crippen MR) is 166 cm³/mol. The maximum absolute atomic E-state index is 14.3. The van der Waals surface area contributed by atoms with Crippen LogP contribution in [0.5, 0.6) is 0 Å². The van der Waals surface area contributed by atoms with Crippen LogP contribution in [0.25, 0.3) is 0 Å². The molecule has 0 unspecified atom stereocenters. The topological polar surface area (TPSA) is 35.5 Å². The largest absolute Gasteiger partial charge is 0.430 e. The average molecular weight is 557 g/mol. The molecule has 0 radical (unpaired) electrons. The van der Waals surface area contributed by atoms with Crippen molar-refractivity contribution in [1.82, 2.24) is 0 Å². The SMILES string of the molecule is C=CC[C@@]12C[C@@H](O[Si](CC)(CC)CC)CC[C@]1(C)C1=C(OC2=O)[C@@H]2CC[C@H]([C@H](C)CCCC(C)C)[C@@]2(C)CC1. The number of carbonyl (C=O) groups excluding carboxylic acids is 1. The fourth-order valence-corrected chi connectivity index (χ4v) is 12.8. The lowest BCUT2D eigenvalue weighted by Crippen LogP contribution is -2.58. The van der Waals surface area contributed by atoms with E-state index in [-0.39, 0.29) is 22.9 Å². The van der Waals surface area contributed by atoms with Gasteiger partial charge in [-0.1, -0.05) is 80.7 Å². The molecule has 0 aromatic rings. The summed E-state index contributed by atoms with van der Waals surface area (Å²) in [5.74, 6) is 3.78. The normalized spacial score (nSPS) is 37.3. The Bertz CT molecular complexity index is 926. The zero-order valence-corrected chi connectivity index (χ0v) is 27.8. The highest BCUT2D eigenvalue weighted by molar-refractivity contribution is 6.73. The first-order chi connectivity index (χ1) is 18.5. The number of hydrogen-bond donors (Lipinski definition) is 0. The van der Waals surface area contributed by atoms with E-state index in [1.807, 2.05) is 6.08 Å². The maximum Gasteiger partial charge on any atom is 0.318 e. The van der Waals surface area contributed by atoms with E-state index in [0.29, 0.717) is 12.3 Å². The third-order valence-electron chi connectivity index (χ3n) is 12.8. The second-order valence-electron chi connectivity index (χ2n) is 14.9. The first-order valence-corrected chi connectivity index (χ1v) is 19.2. The van der Waals surface area contributed by atoms with Crippen LogP contribution in [0.3, 0.4) is 0 Å². The van der Waals surface area contributed by atoms with Gasteiger partial charge in [0.05, 0.1) is 5.41 Å². The van der Waals surface area contributed by atoms with Crippen LogP contribution in [-0.2, 0) is 14.0 Å². The number of allylic oxidation sites excluding steroid dienone is 3. The molecule has 7 atom stereocenters. The highest BCUT2D eigenvalue weighted by Gasteiger charge is 2.65. The van der Waals surface area contributed by atoms with Crippen LogP contribution >= 0.6 is 0 Å². The third kappa shape index (κ3) is 5.17. The van der Waals surface area contributed by atoms with Crippen LogP contribution < -0.4 is 0 Å². The van der Waals surface area contributed by atoms with Gasteiger partial charge in [0, 0.05) is 17.4 Å². The minimum atomic E-state index is -1.75. The van der Waals surface area contributed by atoms with Crippen LogP contribution in [0.4, 0.5) is 0 Å². The van der Waals surface area contributed by atoms with Crippen molar-refractivity contribution in [2.75, 3.05) is 0 Å². The van der Waals surface area contributed by atoms with Crippen LogP contribution in [0, 0.1) is 39.9 Å². The van der Waals surface area contributed by atoms with Gasteiger partial charge in [0.1, 0.15) is 5.76 Å². The summed E-state index contributed by atoms with van der Waals surface area (Å²) in [5.41, 5.74) is 1.05. The second kappa shape index (κ2) is 11.8. The van der Waals surface area contributed by atoms with E-state index in [0.717, 1.165) is 67.3 Å². The molecule has 0 saturated heterocycles. The Labute approximate surface area is 242 Å². The molecule has 1 heterocycles. The Morgan fingerprint density at radius 1 is 1.05 bits per heavy atom. The Kier molecular flexibility index (Phi) is 9.39. The van der Waals surface area contributed by atoms with E-state index in [2.05, 4.69) is 62.0 Å². The van der Waals surface area contributed by atoms with Gasteiger partial charge in [0.25, 0.3) is 0 Å². The first-order valence-electron chi connectivity index (χ1n) is 16.7. The van der Waals surface area contributed by atoms with Gasteiger partial charge in [-0.25, -0.2) is 0 Å². The van der Waals surface area contributed by atoms with E-state index in [4.69, 9.17) is 9.16 Å². The molecule has 3 nitrogen and oxygen atoms in total. The number of carbonyl (C=O) groups is 1. The molecule has 0 bridgehead atoms. The number of ether oxygens (including phenoxy) is 1. The molecule has 39 heavy (non-hydrogen) atoms. The molecule has 4 heteroatoms. The van der Waals surface area contributed by atoms with Crippen molar-refractivity contribution in [2.24, 2.45) is 39.9 Å². The van der Waals surface area contributed by atoms with Gasteiger partial charge in [0.2, 0.25) is 0 Å². The number of fused-ring (bicyclic) bond motifs is 4. The zero-order chi connectivity index (χ0) is 28.6. The third-order valence-corrected chi connectivity index (χ3v) is 17.5. The maximum atomic E-state index is 14.3. The quantitative estimate of drug-likeness (QED) is 0.136. The molecule has 0 spiro atoms. The zero-order valence-electron chi connectivity index (χ0n) is 26.8. The molecule has 3 aliphatic carbocycles. The molecule has 4 rings (SSSR count). The van der Waals surface area contributed by atoms with Gasteiger partial charge < -0.3 is 9.16 Å². The molecular weight excluding hydrogens is 496 g/mol.